The third-order valence-electron chi connectivity index (χ3n) is 12.8. The molecule has 4 aliphatic rings. The Morgan fingerprint density at radius 2 is 1.64 bits per heavy atom. The van der Waals surface area contributed by atoms with Gasteiger partial charge in [-0.3, -0.25) is 24.5 Å². The topological polar surface area (TPSA) is 145 Å². The summed E-state index contributed by atoms with van der Waals surface area (Å²) in [7, 11) is 1.58. The molecular weight excluding hydrogens is 735 g/mol. The summed E-state index contributed by atoms with van der Waals surface area (Å²) in [6.45, 7) is 11.5. The van der Waals surface area contributed by atoms with E-state index in [1.807, 2.05) is 37.3 Å². The zero-order valence-corrected chi connectivity index (χ0v) is 33.5. The quantitative estimate of drug-likeness (QED) is 0.190. The van der Waals surface area contributed by atoms with E-state index in [0.717, 1.165) is 80.2 Å². The average Bonchev–Trinajstić information content (AvgIpc) is 3.85. The molecule has 3 aromatic heterocycles. The van der Waals surface area contributed by atoms with Gasteiger partial charge in [-0.05, 0) is 99.2 Å². The summed E-state index contributed by atoms with van der Waals surface area (Å²) in [6.07, 6.45) is 12.7. The third kappa shape index (κ3) is 7.97. The van der Waals surface area contributed by atoms with E-state index in [1.54, 1.807) is 28.9 Å². The number of piperazine rings is 1. The van der Waals surface area contributed by atoms with Gasteiger partial charge < -0.3 is 24.8 Å². The molecule has 2 N–H and O–H groups in total. The molecule has 1 aliphatic carbocycles. The first-order valence-electron chi connectivity index (χ1n) is 20.9. The minimum atomic E-state index is -0.334. The molecule has 9 rings (SSSR count). The van der Waals surface area contributed by atoms with Crippen LogP contribution < -0.4 is 25.2 Å². The molecule has 15 heteroatoms. The molecule has 58 heavy (non-hydrogen) atoms. The van der Waals surface area contributed by atoms with E-state index in [4.69, 9.17) is 9.84 Å². The number of aryl methyl sites for hydroxylation is 1. The van der Waals surface area contributed by atoms with Crippen molar-refractivity contribution in [2.45, 2.75) is 57.9 Å². The lowest BCUT2D eigenvalue weighted by atomic mass is 9.85. The van der Waals surface area contributed by atoms with Crippen molar-refractivity contribution in [3.8, 4) is 5.75 Å². The van der Waals surface area contributed by atoms with Crippen molar-refractivity contribution in [1.29, 1.82) is 0 Å². The molecule has 2 aromatic carbocycles. The maximum absolute atomic E-state index is 13.4. The number of methoxy groups -OCH3 is 1. The van der Waals surface area contributed by atoms with Gasteiger partial charge in [0.25, 0.3) is 5.91 Å². The maximum atomic E-state index is 13.4. The SMILES string of the molecule is COc1cc2nn(C3CCC(CN4CCN(CC5CCN(c6ccc(N7CCC(=O)NC7=O)c(C)c6)CC5)CC4)CC3)cc2cc1C(=O)Nc1cnc2cccnn12. The van der Waals surface area contributed by atoms with Gasteiger partial charge in [-0.1, -0.05) is 0 Å². The van der Waals surface area contributed by atoms with Crippen LogP contribution in [0.2, 0.25) is 0 Å². The maximum Gasteiger partial charge on any atom is 0.328 e. The Labute approximate surface area is 338 Å². The minimum absolute atomic E-state index is 0.209. The highest BCUT2D eigenvalue weighted by molar-refractivity contribution is 6.08. The zero-order chi connectivity index (χ0) is 39.8. The highest BCUT2D eigenvalue weighted by Gasteiger charge is 2.30. The summed E-state index contributed by atoms with van der Waals surface area (Å²) < 4.78 is 9.35. The van der Waals surface area contributed by atoms with Crippen LogP contribution in [0.3, 0.4) is 0 Å². The molecule has 5 aromatic rings. The van der Waals surface area contributed by atoms with E-state index in [2.05, 4.69) is 58.4 Å². The minimum Gasteiger partial charge on any atom is -0.496 e. The van der Waals surface area contributed by atoms with Crippen LogP contribution in [0, 0.1) is 18.8 Å². The molecule has 1 saturated carbocycles. The summed E-state index contributed by atoms with van der Waals surface area (Å²) in [5.41, 5.74) is 5.06. The molecule has 3 saturated heterocycles. The van der Waals surface area contributed by atoms with Crippen LogP contribution >= 0.6 is 0 Å². The van der Waals surface area contributed by atoms with Gasteiger partial charge in [-0.25, -0.2) is 9.78 Å². The number of carbonyl (C=O) groups excluding carboxylic acids is 3. The molecule has 4 fully saturated rings. The number of nitrogens with one attached hydrogen (secondary N) is 2. The number of amides is 4. The number of ether oxygens (including phenoxy) is 1. The molecule has 0 spiro atoms. The van der Waals surface area contributed by atoms with E-state index < -0.39 is 0 Å². The van der Waals surface area contributed by atoms with Crippen molar-refractivity contribution >= 4 is 51.6 Å². The zero-order valence-electron chi connectivity index (χ0n) is 33.5. The van der Waals surface area contributed by atoms with Gasteiger partial charge in [0.1, 0.15) is 5.75 Å². The van der Waals surface area contributed by atoms with Crippen molar-refractivity contribution in [3.63, 3.8) is 0 Å². The Morgan fingerprint density at radius 1 is 0.897 bits per heavy atom. The number of piperidine rings is 1. The van der Waals surface area contributed by atoms with E-state index in [-0.39, 0.29) is 17.8 Å². The number of imidazole rings is 1. The molecule has 0 bridgehead atoms. The summed E-state index contributed by atoms with van der Waals surface area (Å²) in [5, 5.41) is 15.5. The fraction of sp³-hybridized carbons (Fsp3) is 0.488. The van der Waals surface area contributed by atoms with Crippen molar-refractivity contribution in [3.05, 3.63) is 72.2 Å². The number of urea groups is 1. The summed E-state index contributed by atoms with van der Waals surface area (Å²) >= 11 is 0. The number of nitrogens with zero attached hydrogens (tertiary/aromatic N) is 9. The largest absolute Gasteiger partial charge is 0.496 e. The summed E-state index contributed by atoms with van der Waals surface area (Å²) in [5.74, 6) is 1.91. The van der Waals surface area contributed by atoms with Crippen molar-refractivity contribution in [2.75, 3.05) is 81.1 Å². The number of fused-ring (bicyclic) bond motifs is 2. The van der Waals surface area contributed by atoms with Crippen molar-refractivity contribution in [2.24, 2.45) is 11.8 Å². The van der Waals surface area contributed by atoms with Gasteiger partial charge >= 0.3 is 6.03 Å². The van der Waals surface area contributed by atoms with Gasteiger partial charge in [-0.15, -0.1) is 0 Å². The highest BCUT2D eigenvalue weighted by atomic mass is 16.5. The van der Waals surface area contributed by atoms with Gasteiger partial charge in [0, 0.05) is 101 Å². The molecule has 6 heterocycles. The number of benzene rings is 2. The third-order valence-corrected chi connectivity index (χ3v) is 12.8. The van der Waals surface area contributed by atoms with Gasteiger partial charge in [-0.2, -0.15) is 14.7 Å². The smallest absolute Gasteiger partial charge is 0.328 e. The van der Waals surface area contributed by atoms with Gasteiger partial charge in [0.2, 0.25) is 5.91 Å². The molecule has 15 nitrogen and oxygen atoms in total. The van der Waals surface area contributed by atoms with Crippen molar-refractivity contribution in [1.82, 2.24) is 39.5 Å². The monoisotopic (exact) mass is 787 g/mol. The van der Waals surface area contributed by atoms with E-state index >= 15 is 0 Å². The number of imide groups is 1. The van der Waals surface area contributed by atoms with E-state index in [1.165, 1.54) is 44.5 Å². The number of aromatic nitrogens is 5. The average molecular weight is 788 g/mol. The van der Waals surface area contributed by atoms with Crippen LogP contribution in [-0.4, -0.2) is 118 Å². The predicted molar refractivity (Wildman–Crippen MR) is 223 cm³/mol. The second-order valence-electron chi connectivity index (χ2n) is 16.5. The molecular formula is C43H53N11O4. The summed E-state index contributed by atoms with van der Waals surface area (Å²) in [6, 6.07) is 13.7. The lowest BCUT2D eigenvalue weighted by Gasteiger charge is -2.41. The molecule has 304 valence electrons. The Hall–Kier alpha value is -5.54. The first-order valence-corrected chi connectivity index (χ1v) is 20.9. The second kappa shape index (κ2) is 16.4. The van der Waals surface area contributed by atoms with Crippen molar-refractivity contribution < 1.29 is 19.1 Å². The van der Waals surface area contributed by atoms with Crippen LogP contribution in [0.4, 0.5) is 22.0 Å². The van der Waals surface area contributed by atoms with Gasteiger partial charge in [0.15, 0.2) is 11.5 Å². The lowest BCUT2D eigenvalue weighted by Crippen LogP contribution is -2.50. The van der Waals surface area contributed by atoms with E-state index in [0.29, 0.717) is 47.7 Å². The first kappa shape index (κ1) is 38.0. The molecule has 0 unspecified atom stereocenters. The second-order valence-corrected chi connectivity index (χ2v) is 16.5. The van der Waals surface area contributed by atoms with Crippen LogP contribution in [0.25, 0.3) is 16.6 Å². The lowest BCUT2D eigenvalue weighted by molar-refractivity contribution is -0.120. The van der Waals surface area contributed by atoms with Crippen LogP contribution in [0.5, 0.6) is 5.75 Å². The fourth-order valence-corrected chi connectivity index (χ4v) is 9.49. The summed E-state index contributed by atoms with van der Waals surface area (Å²) in [4.78, 5) is 51.2. The van der Waals surface area contributed by atoms with E-state index in [9.17, 15) is 14.4 Å². The fourth-order valence-electron chi connectivity index (χ4n) is 9.49. The highest BCUT2D eigenvalue weighted by Crippen LogP contribution is 2.35. The Bertz CT molecular complexity index is 2300. The molecule has 4 amide bonds. The first-order chi connectivity index (χ1) is 28.3. The van der Waals surface area contributed by atoms with Crippen LogP contribution in [0.15, 0.2) is 61.1 Å². The molecule has 3 aliphatic heterocycles. The van der Waals surface area contributed by atoms with Gasteiger partial charge in [0.05, 0.1) is 30.4 Å². The standard InChI is InChI=1S/C43H53N11O4/c1-29-22-34(9-10-37(29)52-17-13-41(55)47-43(52)57)51-15-11-31(12-16-51)27-50-20-18-49(19-21-50)26-30-5-7-33(8-6-30)53-28-32-23-35(38(58-2)24-36(32)48-53)42(56)46-40-25-44-39-4-3-14-45-54(39)40/h3-4,9-10,14,22-25,28,30-31,33H,5-8,11-13,15-21,26-27H2,1-2H3,(H,46,56)(H,47,55,57). The number of hydrogen-bond acceptors (Lipinski definition) is 10. The molecule has 0 radical (unpaired) electrons. The Morgan fingerprint density at radius 3 is 2.34 bits per heavy atom. The Kier molecular flexibility index (Phi) is 10.7. The van der Waals surface area contributed by atoms with Crippen LogP contribution in [0.1, 0.15) is 66.9 Å². The number of carbonyl (C=O) groups is 3. The van der Waals surface area contributed by atoms with Crippen LogP contribution in [-0.2, 0) is 4.79 Å². The Balaban J connectivity index is 0.714. The molecule has 0 atom stereocenters. The normalized spacial score (nSPS) is 21.5. The number of rotatable bonds is 10. The number of anilines is 3. The predicted octanol–water partition coefficient (Wildman–Crippen LogP) is 5.36. The number of hydrogen-bond donors (Lipinski definition) is 2.